The van der Waals surface area contributed by atoms with Gasteiger partial charge in [0.2, 0.25) is 0 Å². The summed E-state index contributed by atoms with van der Waals surface area (Å²) in [5.41, 5.74) is 1.19. The number of aromatic hydroxyl groups is 2. The van der Waals surface area contributed by atoms with Gasteiger partial charge in [-0.05, 0) is 42.8 Å². The highest BCUT2D eigenvalue weighted by molar-refractivity contribution is 6.35. The van der Waals surface area contributed by atoms with E-state index >= 15 is 0 Å². The zero-order chi connectivity index (χ0) is 14.4. The number of rotatable bonds is 1. The minimum atomic E-state index is -0.558. The lowest BCUT2D eigenvalue weighted by molar-refractivity contribution is 0.0925. The molecule has 1 aliphatic rings. The quantitative estimate of drug-likeness (QED) is 0.778. The summed E-state index contributed by atoms with van der Waals surface area (Å²) in [6.45, 7) is 1.69. The lowest BCUT2D eigenvalue weighted by Gasteiger charge is -2.16. The topological polar surface area (TPSA) is 77.8 Å². The summed E-state index contributed by atoms with van der Waals surface area (Å²) in [4.78, 5) is 25.7. The van der Waals surface area contributed by atoms with E-state index in [4.69, 9.17) is 0 Å². The fourth-order valence-corrected chi connectivity index (χ4v) is 2.38. The van der Waals surface area contributed by atoms with Gasteiger partial charge in [-0.25, -0.2) is 4.90 Å². The Labute approximate surface area is 114 Å². The van der Waals surface area contributed by atoms with Crippen molar-refractivity contribution in [2.24, 2.45) is 0 Å². The van der Waals surface area contributed by atoms with Gasteiger partial charge in [0, 0.05) is 0 Å². The molecule has 0 aromatic heterocycles. The van der Waals surface area contributed by atoms with Crippen molar-refractivity contribution < 1.29 is 19.8 Å². The van der Waals surface area contributed by atoms with Gasteiger partial charge in [-0.1, -0.05) is 6.07 Å². The zero-order valence-electron chi connectivity index (χ0n) is 10.6. The van der Waals surface area contributed by atoms with Crippen molar-refractivity contribution in [3.63, 3.8) is 0 Å². The number of hydrogen-bond donors (Lipinski definition) is 2. The molecule has 0 spiro atoms. The molecular weight excluding hydrogens is 258 g/mol. The second-order valence-electron chi connectivity index (χ2n) is 4.62. The largest absolute Gasteiger partial charge is 0.508 e. The number of anilines is 1. The zero-order valence-corrected chi connectivity index (χ0v) is 10.6. The van der Waals surface area contributed by atoms with Crippen LogP contribution in [-0.2, 0) is 0 Å². The van der Waals surface area contributed by atoms with E-state index in [0.717, 1.165) is 4.90 Å². The normalized spacial score (nSPS) is 13.8. The predicted molar refractivity (Wildman–Crippen MR) is 72.1 cm³/mol. The summed E-state index contributed by atoms with van der Waals surface area (Å²) in [7, 11) is 0. The Hall–Kier alpha value is -2.82. The van der Waals surface area contributed by atoms with E-state index in [1.165, 1.54) is 36.4 Å². The number of carbonyl (C=O) groups excluding carboxylic acids is 2. The molecule has 1 heterocycles. The SMILES string of the molecule is Cc1cc(O)ccc1N1C(=O)c2cccc(O)c2C1=O. The first-order valence-corrected chi connectivity index (χ1v) is 6.01. The molecule has 0 aliphatic carbocycles. The van der Waals surface area contributed by atoms with Gasteiger partial charge < -0.3 is 10.2 Å². The molecule has 0 saturated heterocycles. The van der Waals surface area contributed by atoms with Crippen LogP contribution in [0.5, 0.6) is 11.5 Å². The number of phenols is 2. The summed E-state index contributed by atoms with van der Waals surface area (Å²) >= 11 is 0. The summed E-state index contributed by atoms with van der Waals surface area (Å²) in [6, 6.07) is 8.78. The molecule has 5 nitrogen and oxygen atoms in total. The summed E-state index contributed by atoms with van der Waals surface area (Å²) in [5, 5.41) is 19.2. The van der Waals surface area contributed by atoms with Crippen LogP contribution in [0.1, 0.15) is 26.3 Å². The summed E-state index contributed by atoms with van der Waals surface area (Å²) in [5.74, 6) is -1.18. The third kappa shape index (κ3) is 1.56. The molecule has 0 atom stereocenters. The van der Waals surface area contributed by atoms with E-state index in [1.807, 2.05) is 0 Å². The average molecular weight is 269 g/mol. The van der Waals surface area contributed by atoms with Gasteiger partial charge in [0.25, 0.3) is 11.8 Å². The van der Waals surface area contributed by atoms with Crippen molar-refractivity contribution in [3.05, 3.63) is 53.1 Å². The molecular formula is C15H11NO4. The summed E-state index contributed by atoms with van der Waals surface area (Å²) in [6.07, 6.45) is 0. The van der Waals surface area contributed by atoms with Crippen LogP contribution in [-0.4, -0.2) is 22.0 Å². The first-order chi connectivity index (χ1) is 9.50. The third-order valence-electron chi connectivity index (χ3n) is 3.31. The maximum atomic E-state index is 12.3. The van der Waals surface area contributed by atoms with Crippen molar-refractivity contribution in [2.75, 3.05) is 4.90 Å². The lowest BCUT2D eigenvalue weighted by Crippen LogP contribution is -2.29. The van der Waals surface area contributed by atoms with Gasteiger partial charge in [0.1, 0.15) is 11.5 Å². The monoisotopic (exact) mass is 269 g/mol. The smallest absolute Gasteiger partial charge is 0.269 e. The lowest BCUT2D eigenvalue weighted by atomic mass is 10.1. The fourth-order valence-electron chi connectivity index (χ4n) is 2.38. The molecule has 2 aromatic rings. The van der Waals surface area contributed by atoms with Crippen molar-refractivity contribution >= 4 is 17.5 Å². The van der Waals surface area contributed by atoms with Crippen molar-refractivity contribution in [3.8, 4) is 11.5 Å². The first-order valence-electron chi connectivity index (χ1n) is 6.01. The number of carbonyl (C=O) groups is 2. The maximum Gasteiger partial charge on any atom is 0.269 e. The van der Waals surface area contributed by atoms with Crippen LogP contribution in [0, 0.1) is 6.92 Å². The van der Waals surface area contributed by atoms with E-state index in [1.54, 1.807) is 6.92 Å². The molecule has 0 saturated carbocycles. The Kier molecular flexibility index (Phi) is 2.50. The minimum Gasteiger partial charge on any atom is -0.508 e. The molecule has 0 radical (unpaired) electrons. The third-order valence-corrected chi connectivity index (χ3v) is 3.31. The Morgan fingerprint density at radius 2 is 1.75 bits per heavy atom. The molecule has 100 valence electrons. The number of nitrogens with zero attached hydrogens (tertiary/aromatic N) is 1. The molecule has 2 aromatic carbocycles. The van der Waals surface area contributed by atoms with E-state index in [-0.39, 0.29) is 22.6 Å². The Morgan fingerprint density at radius 1 is 1.00 bits per heavy atom. The van der Waals surface area contributed by atoms with Gasteiger partial charge >= 0.3 is 0 Å². The van der Waals surface area contributed by atoms with Crippen LogP contribution >= 0.6 is 0 Å². The predicted octanol–water partition coefficient (Wildman–Crippen LogP) is 2.21. The number of aryl methyl sites for hydroxylation is 1. The number of benzene rings is 2. The second-order valence-corrected chi connectivity index (χ2v) is 4.62. The van der Waals surface area contributed by atoms with Crippen LogP contribution in [0.15, 0.2) is 36.4 Å². The standard InChI is InChI=1S/C15H11NO4/c1-8-7-9(17)5-6-11(8)16-14(19)10-3-2-4-12(18)13(10)15(16)20/h2-7,17-18H,1H3. The molecule has 3 rings (SSSR count). The van der Waals surface area contributed by atoms with Crippen molar-refractivity contribution in [1.29, 1.82) is 0 Å². The van der Waals surface area contributed by atoms with Crippen molar-refractivity contribution in [2.45, 2.75) is 6.92 Å². The minimum absolute atomic E-state index is 0.0185. The average Bonchev–Trinajstić information content (AvgIpc) is 2.64. The molecule has 0 fully saturated rings. The molecule has 0 bridgehead atoms. The fraction of sp³-hybridized carbons (Fsp3) is 0.0667. The van der Waals surface area contributed by atoms with E-state index in [9.17, 15) is 19.8 Å². The van der Waals surface area contributed by atoms with Crippen LogP contribution in [0.2, 0.25) is 0 Å². The highest BCUT2D eigenvalue weighted by Gasteiger charge is 2.39. The van der Waals surface area contributed by atoms with Crippen molar-refractivity contribution in [1.82, 2.24) is 0 Å². The number of fused-ring (bicyclic) bond motifs is 1. The molecule has 20 heavy (non-hydrogen) atoms. The van der Waals surface area contributed by atoms with Gasteiger partial charge in [-0.3, -0.25) is 9.59 Å². The number of imide groups is 1. The van der Waals surface area contributed by atoms with Crippen LogP contribution in [0.25, 0.3) is 0 Å². The van der Waals surface area contributed by atoms with E-state index in [0.29, 0.717) is 11.3 Å². The molecule has 2 N–H and O–H groups in total. The number of amides is 2. The number of hydrogen-bond acceptors (Lipinski definition) is 4. The number of phenolic OH excluding ortho intramolecular Hbond substituents is 2. The highest BCUT2D eigenvalue weighted by Crippen LogP contribution is 2.35. The first kappa shape index (κ1) is 12.2. The van der Waals surface area contributed by atoms with Gasteiger partial charge in [-0.2, -0.15) is 0 Å². The maximum absolute atomic E-state index is 12.3. The highest BCUT2D eigenvalue weighted by atomic mass is 16.3. The van der Waals surface area contributed by atoms with Gasteiger partial charge in [-0.15, -0.1) is 0 Å². The van der Waals surface area contributed by atoms with Gasteiger partial charge in [0.05, 0.1) is 16.8 Å². The van der Waals surface area contributed by atoms with Crippen LogP contribution in [0.3, 0.4) is 0 Å². The van der Waals surface area contributed by atoms with Crippen LogP contribution < -0.4 is 4.90 Å². The molecule has 2 amide bonds. The Bertz CT molecular complexity index is 752. The molecule has 0 unspecified atom stereocenters. The van der Waals surface area contributed by atoms with Crippen LogP contribution in [0.4, 0.5) is 5.69 Å². The molecule has 5 heteroatoms. The summed E-state index contributed by atoms with van der Waals surface area (Å²) < 4.78 is 0. The molecule has 1 aliphatic heterocycles. The van der Waals surface area contributed by atoms with E-state index in [2.05, 4.69) is 0 Å². The van der Waals surface area contributed by atoms with Gasteiger partial charge in [0.15, 0.2) is 0 Å². The van der Waals surface area contributed by atoms with E-state index < -0.39 is 11.8 Å². The second kappa shape index (κ2) is 4.09. The Balaban J connectivity index is 2.17. The Morgan fingerprint density at radius 3 is 2.40 bits per heavy atom.